The summed E-state index contributed by atoms with van der Waals surface area (Å²) in [7, 11) is 0. The number of rotatable bonds is 10. The normalized spacial score (nSPS) is 31.1. The van der Waals surface area contributed by atoms with Crippen LogP contribution in [-0.2, 0) is 14.3 Å². The minimum absolute atomic E-state index is 0.347. The molecule has 0 aromatic carbocycles. The summed E-state index contributed by atoms with van der Waals surface area (Å²) in [5.74, 6) is -0.347. The second-order valence-electron chi connectivity index (χ2n) is 6.07. The van der Waals surface area contributed by atoms with E-state index in [2.05, 4.69) is 12.2 Å². The molecule has 1 heterocycles. The minimum Gasteiger partial charge on any atom is -0.394 e. The number of amides is 1. The predicted molar refractivity (Wildman–Crippen MR) is 84.7 cm³/mol. The van der Waals surface area contributed by atoms with E-state index >= 15 is 0 Å². The second kappa shape index (κ2) is 10.9. The molecule has 0 unspecified atom stereocenters. The number of aliphatic hydroxyl groups excluding tert-OH is 3. The molecule has 1 rings (SSSR count). The monoisotopic (exact) mass is 333 g/mol. The Bertz CT molecular complexity index is 341. The molecule has 0 aromatic rings. The molecule has 4 N–H and O–H groups in total. The van der Waals surface area contributed by atoms with Crippen molar-refractivity contribution in [1.82, 2.24) is 5.32 Å². The van der Waals surface area contributed by atoms with Crippen LogP contribution in [0, 0.1) is 0 Å². The third kappa shape index (κ3) is 6.73. The fourth-order valence-electron chi connectivity index (χ4n) is 2.69. The topological polar surface area (TPSA) is 108 Å². The Kier molecular flexibility index (Phi) is 9.66. The van der Waals surface area contributed by atoms with Crippen molar-refractivity contribution in [3.63, 3.8) is 0 Å². The van der Waals surface area contributed by atoms with E-state index in [1.54, 1.807) is 0 Å². The van der Waals surface area contributed by atoms with Crippen LogP contribution in [0.1, 0.15) is 52.4 Å². The van der Waals surface area contributed by atoms with Crippen LogP contribution in [0.5, 0.6) is 0 Å². The summed E-state index contributed by atoms with van der Waals surface area (Å²) in [5, 5.41) is 31.8. The van der Waals surface area contributed by atoms with Gasteiger partial charge in [-0.1, -0.05) is 39.0 Å². The third-order valence-corrected chi connectivity index (χ3v) is 4.03. The highest BCUT2D eigenvalue weighted by molar-refractivity contribution is 5.73. The summed E-state index contributed by atoms with van der Waals surface area (Å²) in [6.07, 6.45) is 2.37. The Morgan fingerprint density at radius 2 is 1.78 bits per heavy atom. The number of aliphatic hydroxyl groups is 3. The van der Waals surface area contributed by atoms with Gasteiger partial charge in [0.2, 0.25) is 5.91 Å². The van der Waals surface area contributed by atoms with E-state index < -0.39 is 37.3 Å². The van der Waals surface area contributed by atoms with Gasteiger partial charge in [0.05, 0.1) is 6.61 Å². The lowest BCUT2D eigenvalue weighted by Gasteiger charge is -2.42. The molecule has 7 heteroatoms. The highest BCUT2D eigenvalue weighted by atomic mass is 16.7. The molecule has 1 aliphatic rings. The first-order chi connectivity index (χ1) is 11.0. The number of carbonyl (C=O) groups excluding carboxylic acids is 1. The first-order valence-electron chi connectivity index (χ1n) is 8.52. The summed E-state index contributed by atoms with van der Waals surface area (Å²) in [6.45, 7) is 3.50. The molecule has 1 aliphatic heterocycles. The van der Waals surface area contributed by atoms with E-state index in [0.717, 1.165) is 19.3 Å². The van der Waals surface area contributed by atoms with Crippen LogP contribution in [0.2, 0.25) is 0 Å². The maximum Gasteiger partial charge on any atom is 0.217 e. The lowest BCUT2D eigenvalue weighted by atomic mass is 9.97. The van der Waals surface area contributed by atoms with Crippen molar-refractivity contribution in [1.29, 1.82) is 0 Å². The maximum atomic E-state index is 11.3. The van der Waals surface area contributed by atoms with Gasteiger partial charge in [-0.15, -0.1) is 0 Å². The van der Waals surface area contributed by atoms with Crippen molar-refractivity contribution >= 4 is 5.91 Å². The average molecular weight is 333 g/mol. The summed E-state index contributed by atoms with van der Waals surface area (Å²) < 4.78 is 11.1. The van der Waals surface area contributed by atoms with Crippen LogP contribution < -0.4 is 5.32 Å². The van der Waals surface area contributed by atoms with E-state index in [4.69, 9.17) is 9.47 Å². The van der Waals surface area contributed by atoms with Gasteiger partial charge in [-0.3, -0.25) is 4.79 Å². The van der Waals surface area contributed by atoms with Gasteiger partial charge in [-0.2, -0.15) is 0 Å². The standard InChI is InChI=1S/C16H31NO6/c1-3-4-5-6-7-8-9-22-16-13(17-11(2)19)15(21)14(20)12(10-18)23-16/h12-16,18,20-21H,3-10H2,1-2H3,(H,17,19)/t12-,13-,14+,15+,16+/m0/s1. The molecule has 136 valence electrons. The molecule has 23 heavy (non-hydrogen) atoms. The van der Waals surface area contributed by atoms with Gasteiger partial charge in [0, 0.05) is 13.5 Å². The van der Waals surface area contributed by atoms with Crippen LogP contribution in [0.25, 0.3) is 0 Å². The van der Waals surface area contributed by atoms with Gasteiger partial charge < -0.3 is 30.1 Å². The number of hydrogen-bond donors (Lipinski definition) is 4. The van der Waals surface area contributed by atoms with Crippen molar-refractivity contribution in [2.45, 2.75) is 83.0 Å². The molecule has 1 saturated heterocycles. The first-order valence-corrected chi connectivity index (χ1v) is 8.52. The van der Waals surface area contributed by atoms with Crippen molar-refractivity contribution in [2.24, 2.45) is 0 Å². The van der Waals surface area contributed by atoms with Gasteiger partial charge in [-0.05, 0) is 6.42 Å². The molecule has 0 saturated carbocycles. The Hall–Kier alpha value is -0.730. The zero-order chi connectivity index (χ0) is 17.2. The summed E-state index contributed by atoms with van der Waals surface area (Å²) in [6, 6.07) is -0.856. The molecule has 5 atom stereocenters. The molecule has 0 aliphatic carbocycles. The number of carbonyl (C=O) groups is 1. The SMILES string of the molecule is CCCCCCCCO[C@@H]1O[C@@H](CO)[C@@H](O)[C@H](O)[C@@H]1NC(C)=O. The lowest BCUT2D eigenvalue weighted by molar-refractivity contribution is -0.270. The highest BCUT2D eigenvalue weighted by Gasteiger charge is 2.45. The molecule has 0 aromatic heterocycles. The van der Waals surface area contributed by atoms with Crippen molar-refractivity contribution in [3.05, 3.63) is 0 Å². The molecule has 0 bridgehead atoms. The minimum atomic E-state index is -1.27. The fourth-order valence-corrected chi connectivity index (χ4v) is 2.69. The Morgan fingerprint density at radius 3 is 2.39 bits per heavy atom. The van der Waals surface area contributed by atoms with Gasteiger partial charge in [-0.25, -0.2) is 0 Å². The average Bonchev–Trinajstić information content (AvgIpc) is 2.52. The molecule has 1 amide bonds. The Labute approximate surface area is 138 Å². The lowest BCUT2D eigenvalue weighted by Crippen LogP contribution is -2.64. The van der Waals surface area contributed by atoms with E-state index in [9.17, 15) is 20.1 Å². The van der Waals surface area contributed by atoms with E-state index in [-0.39, 0.29) is 5.91 Å². The van der Waals surface area contributed by atoms with Gasteiger partial charge >= 0.3 is 0 Å². The van der Waals surface area contributed by atoms with Crippen molar-refractivity contribution in [2.75, 3.05) is 13.2 Å². The van der Waals surface area contributed by atoms with Crippen LogP contribution in [0.4, 0.5) is 0 Å². The zero-order valence-corrected chi connectivity index (χ0v) is 14.1. The fraction of sp³-hybridized carbons (Fsp3) is 0.938. The van der Waals surface area contributed by atoms with Crippen LogP contribution in [0.15, 0.2) is 0 Å². The smallest absolute Gasteiger partial charge is 0.217 e. The number of hydrogen-bond acceptors (Lipinski definition) is 6. The van der Waals surface area contributed by atoms with Gasteiger partial charge in [0.25, 0.3) is 0 Å². The quantitative estimate of drug-likeness (QED) is 0.429. The number of nitrogens with one attached hydrogen (secondary N) is 1. The highest BCUT2D eigenvalue weighted by Crippen LogP contribution is 2.22. The van der Waals surface area contributed by atoms with E-state index in [1.165, 1.54) is 26.2 Å². The molecule has 0 spiro atoms. The van der Waals surface area contributed by atoms with Gasteiger partial charge in [0.1, 0.15) is 24.4 Å². The van der Waals surface area contributed by atoms with E-state index in [0.29, 0.717) is 6.61 Å². The Balaban J connectivity index is 2.45. The first kappa shape index (κ1) is 20.3. The predicted octanol–water partition coefficient (Wildman–Crippen LogP) is 0.307. The van der Waals surface area contributed by atoms with Crippen molar-refractivity contribution < 1.29 is 29.6 Å². The summed E-state index contributed by atoms with van der Waals surface area (Å²) >= 11 is 0. The van der Waals surface area contributed by atoms with Gasteiger partial charge in [0.15, 0.2) is 6.29 Å². The summed E-state index contributed by atoms with van der Waals surface area (Å²) in [4.78, 5) is 11.3. The number of ether oxygens (including phenoxy) is 2. The zero-order valence-electron chi connectivity index (χ0n) is 14.1. The van der Waals surface area contributed by atoms with E-state index in [1.807, 2.05) is 0 Å². The Morgan fingerprint density at radius 1 is 1.13 bits per heavy atom. The largest absolute Gasteiger partial charge is 0.394 e. The van der Waals surface area contributed by atoms with Crippen LogP contribution in [0.3, 0.4) is 0 Å². The van der Waals surface area contributed by atoms with Crippen molar-refractivity contribution in [3.8, 4) is 0 Å². The second-order valence-corrected chi connectivity index (χ2v) is 6.07. The molecular formula is C16H31NO6. The van der Waals surface area contributed by atoms with Crippen LogP contribution >= 0.6 is 0 Å². The van der Waals surface area contributed by atoms with Crippen LogP contribution in [-0.4, -0.2) is 65.1 Å². The molecular weight excluding hydrogens is 302 g/mol. The molecule has 0 radical (unpaired) electrons. The number of unbranched alkanes of at least 4 members (excludes halogenated alkanes) is 5. The maximum absolute atomic E-state index is 11.3. The third-order valence-electron chi connectivity index (χ3n) is 4.03. The molecule has 1 fully saturated rings. The summed E-state index contributed by atoms with van der Waals surface area (Å²) in [5.41, 5.74) is 0. The molecule has 7 nitrogen and oxygen atoms in total.